The molecule has 4 rings (SSSR count). The minimum absolute atomic E-state index is 0.0610. The molecule has 0 saturated heterocycles. The summed E-state index contributed by atoms with van der Waals surface area (Å²) >= 11 is 1.71. The number of carbonyl (C=O) groups is 1. The van der Waals surface area contributed by atoms with Crippen molar-refractivity contribution in [1.29, 1.82) is 0 Å². The Morgan fingerprint density at radius 3 is 2.75 bits per heavy atom. The number of hydrogen-bond acceptors (Lipinski definition) is 3. The summed E-state index contributed by atoms with van der Waals surface area (Å²) in [5.74, 6) is 0.956. The second-order valence-electron chi connectivity index (χ2n) is 5.84. The van der Waals surface area contributed by atoms with Gasteiger partial charge in [0.15, 0.2) is 0 Å². The summed E-state index contributed by atoms with van der Waals surface area (Å²) in [5.41, 5.74) is 4.29. The zero-order valence-electron chi connectivity index (χ0n) is 13.3. The number of carbonyl (C=O) groups excluding carboxylic acids is 1. The highest BCUT2D eigenvalue weighted by Crippen LogP contribution is 2.46. The van der Waals surface area contributed by atoms with E-state index in [1.165, 1.54) is 4.88 Å². The highest BCUT2D eigenvalue weighted by molar-refractivity contribution is 7.11. The van der Waals surface area contributed by atoms with Gasteiger partial charge < -0.3 is 10.1 Å². The Morgan fingerprint density at radius 1 is 1.12 bits per heavy atom. The van der Waals surface area contributed by atoms with E-state index in [0.717, 1.165) is 28.1 Å². The van der Waals surface area contributed by atoms with E-state index in [1.54, 1.807) is 18.4 Å². The van der Waals surface area contributed by atoms with E-state index in [-0.39, 0.29) is 11.8 Å². The van der Waals surface area contributed by atoms with Crippen LogP contribution in [0.4, 0.5) is 5.69 Å². The first-order valence-electron chi connectivity index (χ1n) is 7.87. The fraction of sp³-hybridized carbons (Fsp3) is 0.150. The second kappa shape index (κ2) is 6.13. The summed E-state index contributed by atoms with van der Waals surface area (Å²) in [7, 11) is 1.66. The lowest BCUT2D eigenvalue weighted by molar-refractivity contribution is -0.116. The molecule has 3 nitrogen and oxygen atoms in total. The highest BCUT2D eigenvalue weighted by Gasteiger charge is 2.30. The van der Waals surface area contributed by atoms with Gasteiger partial charge in [-0.3, -0.25) is 4.79 Å². The van der Waals surface area contributed by atoms with Crippen LogP contribution in [0.15, 0.2) is 60.0 Å². The number of nitrogens with one attached hydrogen (secondary N) is 1. The Kier molecular flexibility index (Phi) is 3.82. The molecule has 3 aromatic rings. The van der Waals surface area contributed by atoms with Crippen molar-refractivity contribution in [1.82, 2.24) is 0 Å². The van der Waals surface area contributed by atoms with Crippen LogP contribution in [0.3, 0.4) is 0 Å². The summed E-state index contributed by atoms with van der Waals surface area (Å²) in [5, 5.41) is 5.21. The van der Waals surface area contributed by atoms with Crippen molar-refractivity contribution in [2.45, 2.75) is 12.3 Å². The molecule has 0 fully saturated rings. The maximum atomic E-state index is 12.3. The van der Waals surface area contributed by atoms with Crippen molar-refractivity contribution in [3.05, 3.63) is 70.4 Å². The first kappa shape index (κ1) is 15.0. The summed E-state index contributed by atoms with van der Waals surface area (Å²) in [6.07, 6.45) is 0.467. The predicted molar refractivity (Wildman–Crippen MR) is 97.8 cm³/mol. The summed E-state index contributed by atoms with van der Waals surface area (Å²) in [6.45, 7) is 0. The summed E-state index contributed by atoms with van der Waals surface area (Å²) < 4.78 is 5.34. The Morgan fingerprint density at radius 2 is 1.96 bits per heavy atom. The van der Waals surface area contributed by atoms with Crippen molar-refractivity contribution in [3.63, 3.8) is 0 Å². The monoisotopic (exact) mass is 335 g/mol. The van der Waals surface area contributed by atoms with Gasteiger partial charge in [-0.2, -0.15) is 0 Å². The van der Waals surface area contributed by atoms with E-state index in [4.69, 9.17) is 4.74 Å². The third-order valence-electron chi connectivity index (χ3n) is 4.37. The van der Waals surface area contributed by atoms with Gasteiger partial charge in [0, 0.05) is 28.2 Å². The topological polar surface area (TPSA) is 38.3 Å². The molecule has 1 aliphatic heterocycles. The average molecular weight is 335 g/mol. The smallest absolute Gasteiger partial charge is 0.225 e. The van der Waals surface area contributed by atoms with Crippen LogP contribution in [0.2, 0.25) is 0 Å². The molecular weight excluding hydrogens is 318 g/mol. The maximum Gasteiger partial charge on any atom is 0.225 e. The van der Waals surface area contributed by atoms with Crippen molar-refractivity contribution < 1.29 is 9.53 Å². The van der Waals surface area contributed by atoms with E-state index >= 15 is 0 Å². The van der Waals surface area contributed by atoms with Crippen LogP contribution in [0, 0.1) is 0 Å². The molecule has 2 aromatic carbocycles. The van der Waals surface area contributed by atoms with Crippen LogP contribution in [0.5, 0.6) is 5.75 Å². The third kappa shape index (κ3) is 2.59. The predicted octanol–water partition coefficient (Wildman–Crippen LogP) is 4.90. The number of methoxy groups -OCH3 is 1. The van der Waals surface area contributed by atoms with Crippen LogP contribution < -0.4 is 10.1 Å². The Hall–Kier alpha value is -2.59. The number of fused-ring (bicyclic) bond motifs is 1. The molecule has 2 heterocycles. The van der Waals surface area contributed by atoms with E-state index in [0.29, 0.717) is 6.42 Å². The molecule has 1 unspecified atom stereocenters. The van der Waals surface area contributed by atoms with Gasteiger partial charge in [-0.15, -0.1) is 11.3 Å². The maximum absolute atomic E-state index is 12.3. The van der Waals surface area contributed by atoms with Gasteiger partial charge in [-0.05, 0) is 23.3 Å². The Labute approximate surface area is 144 Å². The molecule has 0 spiro atoms. The summed E-state index contributed by atoms with van der Waals surface area (Å²) in [6, 6.07) is 18.2. The molecule has 24 heavy (non-hydrogen) atoms. The number of hydrogen-bond donors (Lipinski definition) is 1. The number of anilines is 1. The molecule has 1 aromatic heterocycles. The standard InChI is InChI=1S/C20H17NO2S/c1-23-15-9-5-8-14(10-15)16-11-18(22)21-19-17(12-24-20(16)19)13-6-3-2-4-7-13/h2-10,12,16H,11H2,1H3,(H,21,22). The largest absolute Gasteiger partial charge is 0.497 e. The number of thiophene rings is 1. The molecule has 0 radical (unpaired) electrons. The molecule has 120 valence electrons. The van der Waals surface area contributed by atoms with Gasteiger partial charge in [-0.1, -0.05) is 42.5 Å². The van der Waals surface area contributed by atoms with Crippen LogP contribution in [-0.2, 0) is 4.79 Å². The first-order chi connectivity index (χ1) is 11.8. The molecule has 1 aliphatic rings. The van der Waals surface area contributed by atoms with E-state index in [1.807, 2.05) is 36.4 Å². The molecule has 1 atom stereocenters. The molecule has 4 heteroatoms. The lowest BCUT2D eigenvalue weighted by Gasteiger charge is -2.24. The SMILES string of the molecule is COc1cccc(C2CC(=O)Nc3c(-c4ccccc4)csc32)c1. The van der Waals surface area contributed by atoms with Crippen molar-refractivity contribution in [2.24, 2.45) is 0 Å². The number of ether oxygens (including phenoxy) is 1. The Balaban J connectivity index is 1.81. The van der Waals surface area contributed by atoms with Crippen LogP contribution in [0.1, 0.15) is 22.8 Å². The number of benzene rings is 2. The van der Waals surface area contributed by atoms with Crippen molar-refractivity contribution in [2.75, 3.05) is 12.4 Å². The highest BCUT2D eigenvalue weighted by atomic mass is 32.1. The van der Waals surface area contributed by atoms with Crippen LogP contribution >= 0.6 is 11.3 Å². The molecule has 0 bridgehead atoms. The van der Waals surface area contributed by atoms with Gasteiger partial charge in [0.05, 0.1) is 12.8 Å². The summed E-state index contributed by atoms with van der Waals surface area (Å²) in [4.78, 5) is 13.5. The normalized spacial score (nSPS) is 16.4. The Bertz CT molecular complexity index is 886. The van der Waals surface area contributed by atoms with E-state index in [2.05, 4.69) is 28.9 Å². The molecule has 0 saturated carbocycles. The first-order valence-corrected chi connectivity index (χ1v) is 8.75. The molecule has 1 amide bonds. The van der Waals surface area contributed by atoms with Gasteiger partial charge in [-0.25, -0.2) is 0 Å². The molecule has 1 N–H and O–H groups in total. The van der Waals surface area contributed by atoms with Crippen molar-refractivity contribution >= 4 is 22.9 Å². The third-order valence-corrected chi connectivity index (χ3v) is 5.47. The average Bonchev–Trinajstić information content (AvgIpc) is 3.05. The fourth-order valence-electron chi connectivity index (χ4n) is 3.18. The zero-order chi connectivity index (χ0) is 16.5. The van der Waals surface area contributed by atoms with E-state index in [9.17, 15) is 4.79 Å². The quantitative estimate of drug-likeness (QED) is 0.739. The lowest BCUT2D eigenvalue weighted by Crippen LogP contribution is -2.22. The van der Waals surface area contributed by atoms with E-state index < -0.39 is 0 Å². The fourth-order valence-corrected chi connectivity index (χ4v) is 4.35. The van der Waals surface area contributed by atoms with Gasteiger partial charge in [0.25, 0.3) is 0 Å². The minimum Gasteiger partial charge on any atom is -0.497 e. The number of rotatable bonds is 3. The minimum atomic E-state index is 0.0610. The zero-order valence-corrected chi connectivity index (χ0v) is 14.1. The molecular formula is C20H17NO2S. The van der Waals surface area contributed by atoms with Gasteiger partial charge >= 0.3 is 0 Å². The van der Waals surface area contributed by atoms with Gasteiger partial charge in [0.2, 0.25) is 5.91 Å². The second-order valence-corrected chi connectivity index (χ2v) is 6.75. The van der Waals surface area contributed by atoms with Gasteiger partial charge in [0.1, 0.15) is 5.75 Å². The van der Waals surface area contributed by atoms with Crippen LogP contribution in [-0.4, -0.2) is 13.0 Å². The van der Waals surface area contributed by atoms with Crippen molar-refractivity contribution in [3.8, 4) is 16.9 Å². The molecule has 0 aliphatic carbocycles. The number of amides is 1. The van der Waals surface area contributed by atoms with Crippen LogP contribution in [0.25, 0.3) is 11.1 Å². The lowest BCUT2D eigenvalue weighted by atomic mass is 9.89.